The van der Waals surface area contributed by atoms with Gasteiger partial charge in [-0.25, -0.2) is 0 Å². The van der Waals surface area contributed by atoms with Gasteiger partial charge in [0.25, 0.3) is 0 Å². The molecule has 0 bridgehead atoms. The van der Waals surface area contributed by atoms with Crippen LogP contribution < -0.4 is 4.74 Å². The van der Waals surface area contributed by atoms with Crippen molar-refractivity contribution >= 4 is 6.29 Å². The van der Waals surface area contributed by atoms with Crippen LogP contribution in [0, 0.1) is 0 Å². The van der Waals surface area contributed by atoms with Crippen LogP contribution in [-0.2, 0) is 0 Å². The van der Waals surface area contributed by atoms with Crippen molar-refractivity contribution in [1.82, 2.24) is 0 Å². The predicted octanol–water partition coefficient (Wildman–Crippen LogP) is 0.231. The zero-order chi connectivity index (χ0) is 10.4. The summed E-state index contributed by atoms with van der Waals surface area (Å²) in [5, 5.41) is 17.6. The van der Waals surface area contributed by atoms with Gasteiger partial charge in [-0.05, 0) is 12.1 Å². The highest BCUT2D eigenvalue weighted by atomic mass is 16.5. The highest BCUT2D eigenvalue weighted by Crippen LogP contribution is 2.15. The maximum atomic E-state index is 10.5. The first kappa shape index (κ1) is 10.7. The smallest absolute Gasteiger partial charge is 0.153 e. The van der Waals surface area contributed by atoms with Gasteiger partial charge in [0.05, 0.1) is 12.2 Å². The Morgan fingerprint density at radius 2 is 2.14 bits per heavy atom. The molecule has 76 valence electrons. The lowest BCUT2D eigenvalue weighted by molar-refractivity contribution is 0.0533. The van der Waals surface area contributed by atoms with Crippen molar-refractivity contribution in [3.63, 3.8) is 0 Å². The molecule has 4 nitrogen and oxygen atoms in total. The SMILES string of the molecule is O=Cc1ccccc1OC[C@@H](O)CO. The first-order chi connectivity index (χ1) is 6.77. The maximum absolute atomic E-state index is 10.5. The van der Waals surface area contributed by atoms with Gasteiger partial charge in [-0.15, -0.1) is 0 Å². The number of aldehydes is 1. The average Bonchev–Trinajstić information content (AvgIpc) is 2.26. The Labute approximate surface area is 81.8 Å². The number of carbonyl (C=O) groups is 1. The number of hydrogen-bond acceptors (Lipinski definition) is 4. The molecule has 0 aliphatic carbocycles. The van der Waals surface area contributed by atoms with Gasteiger partial charge in [0.1, 0.15) is 18.5 Å². The minimum atomic E-state index is -0.922. The summed E-state index contributed by atoms with van der Waals surface area (Å²) >= 11 is 0. The Balaban J connectivity index is 2.61. The number of para-hydroxylation sites is 1. The number of ether oxygens (including phenoxy) is 1. The van der Waals surface area contributed by atoms with Crippen LogP contribution in [0.15, 0.2) is 24.3 Å². The molecule has 0 saturated heterocycles. The van der Waals surface area contributed by atoms with E-state index in [2.05, 4.69) is 0 Å². The monoisotopic (exact) mass is 196 g/mol. The van der Waals surface area contributed by atoms with Gasteiger partial charge in [0.2, 0.25) is 0 Å². The number of carbonyl (C=O) groups excluding carboxylic acids is 1. The van der Waals surface area contributed by atoms with Crippen LogP contribution in [0.5, 0.6) is 5.75 Å². The Bertz CT molecular complexity index is 298. The van der Waals surface area contributed by atoms with Crippen molar-refractivity contribution in [2.24, 2.45) is 0 Å². The zero-order valence-electron chi connectivity index (χ0n) is 7.59. The molecule has 0 saturated carbocycles. The molecule has 0 amide bonds. The number of benzene rings is 1. The van der Waals surface area contributed by atoms with Crippen LogP contribution in [0.4, 0.5) is 0 Å². The molecule has 0 fully saturated rings. The average molecular weight is 196 g/mol. The third kappa shape index (κ3) is 2.83. The molecule has 0 aliphatic rings. The van der Waals surface area contributed by atoms with Gasteiger partial charge in [-0.2, -0.15) is 0 Å². The minimum absolute atomic E-state index is 0.0264. The molecule has 0 unspecified atom stereocenters. The van der Waals surface area contributed by atoms with Crippen LogP contribution in [-0.4, -0.2) is 35.8 Å². The normalized spacial score (nSPS) is 12.1. The summed E-state index contributed by atoms with van der Waals surface area (Å²) in [6, 6.07) is 6.70. The topological polar surface area (TPSA) is 66.8 Å². The summed E-state index contributed by atoms with van der Waals surface area (Å²) < 4.78 is 5.14. The fraction of sp³-hybridized carbons (Fsp3) is 0.300. The second kappa shape index (κ2) is 5.36. The quantitative estimate of drug-likeness (QED) is 0.661. The molecule has 0 radical (unpaired) electrons. The van der Waals surface area contributed by atoms with Crippen molar-refractivity contribution in [2.75, 3.05) is 13.2 Å². The molecule has 14 heavy (non-hydrogen) atoms. The van der Waals surface area contributed by atoms with Gasteiger partial charge < -0.3 is 14.9 Å². The van der Waals surface area contributed by atoms with E-state index in [-0.39, 0.29) is 13.2 Å². The Morgan fingerprint density at radius 3 is 2.79 bits per heavy atom. The van der Waals surface area contributed by atoms with Crippen LogP contribution in [0.3, 0.4) is 0 Å². The fourth-order valence-corrected chi connectivity index (χ4v) is 0.948. The summed E-state index contributed by atoms with van der Waals surface area (Å²) in [6.45, 7) is -0.384. The van der Waals surface area contributed by atoms with E-state index in [1.165, 1.54) is 0 Å². The summed E-state index contributed by atoms with van der Waals surface area (Å²) in [7, 11) is 0. The van der Waals surface area contributed by atoms with E-state index < -0.39 is 6.10 Å². The van der Waals surface area contributed by atoms with Crippen molar-refractivity contribution in [3.05, 3.63) is 29.8 Å². The second-order valence-electron chi connectivity index (χ2n) is 2.80. The van der Waals surface area contributed by atoms with Gasteiger partial charge in [-0.1, -0.05) is 12.1 Å². The standard InChI is InChI=1S/C10H12O4/c11-5-8-3-1-2-4-10(8)14-7-9(13)6-12/h1-5,9,12-13H,6-7H2/t9-/m0/s1. The van der Waals surface area contributed by atoms with Crippen LogP contribution >= 0.6 is 0 Å². The van der Waals surface area contributed by atoms with Crippen LogP contribution in [0.1, 0.15) is 10.4 Å². The van der Waals surface area contributed by atoms with Crippen LogP contribution in [0.2, 0.25) is 0 Å². The lowest BCUT2D eigenvalue weighted by atomic mass is 10.2. The molecule has 0 spiro atoms. The van der Waals surface area contributed by atoms with Gasteiger partial charge in [0.15, 0.2) is 6.29 Å². The van der Waals surface area contributed by atoms with Gasteiger partial charge in [0, 0.05) is 0 Å². The lowest BCUT2D eigenvalue weighted by Crippen LogP contribution is -2.21. The number of aliphatic hydroxyl groups is 2. The first-order valence-corrected chi connectivity index (χ1v) is 4.24. The third-order valence-electron chi connectivity index (χ3n) is 1.69. The highest BCUT2D eigenvalue weighted by molar-refractivity contribution is 5.79. The van der Waals surface area contributed by atoms with E-state index in [1.54, 1.807) is 24.3 Å². The van der Waals surface area contributed by atoms with E-state index in [0.717, 1.165) is 0 Å². The molecule has 1 rings (SSSR count). The summed E-state index contributed by atoms with van der Waals surface area (Å²) in [5.74, 6) is 0.412. The van der Waals surface area contributed by atoms with Crippen LogP contribution in [0.25, 0.3) is 0 Å². The first-order valence-electron chi connectivity index (χ1n) is 4.24. The molecular weight excluding hydrogens is 184 g/mol. The second-order valence-corrected chi connectivity index (χ2v) is 2.80. The molecule has 4 heteroatoms. The molecule has 0 heterocycles. The predicted molar refractivity (Wildman–Crippen MR) is 50.4 cm³/mol. The molecular formula is C10H12O4. The maximum Gasteiger partial charge on any atom is 0.153 e. The summed E-state index contributed by atoms with van der Waals surface area (Å²) in [4.78, 5) is 10.5. The highest BCUT2D eigenvalue weighted by Gasteiger charge is 2.05. The van der Waals surface area contributed by atoms with Crippen molar-refractivity contribution < 1.29 is 19.7 Å². The van der Waals surface area contributed by atoms with E-state index in [0.29, 0.717) is 17.6 Å². The van der Waals surface area contributed by atoms with E-state index in [9.17, 15) is 4.79 Å². The van der Waals surface area contributed by atoms with Crippen molar-refractivity contribution in [3.8, 4) is 5.75 Å². The van der Waals surface area contributed by atoms with E-state index in [4.69, 9.17) is 14.9 Å². The van der Waals surface area contributed by atoms with Crippen molar-refractivity contribution in [2.45, 2.75) is 6.10 Å². The van der Waals surface area contributed by atoms with Gasteiger partial charge in [-0.3, -0.25) is 4.79 Å². The third-order valence-corrected chi connectivity index (χ3v) is 1.69. The molecule has 2 N–H and O–H groups in total. The largest absolute Gasteiger partial charge is 0.490 e. The number of hydrogen-bond donors (Lipinski definition) is 2. The molecule has 1 aromatic rings. The molecule has 0 aromatic heterocycles. The van der Waals surface area contributed by atoms with Gasteiger partial charge >= 0.3 is 0 Å². The lowest BCUT2D eigenvalue weighted by Gasteiger charge is -2.10. The molecule has 1 aromatic carbocycles. The van der Waals surface area contributed by atoms with Crippen molar-refractivity contribution in [1.29, 1.82) is 0 Å². The zero-order valence-corrected chi connectivity index (χ0v) is 7.59. The number of aliphatic hydroxyl groups excluding tert-OH is 2. The van der Waals surface area contributed by atoms with E-state index >= 15 is 0 Å². The van der Waals surface area contributed by atoms with E-state index in [1.807, 2.05) is 0 Å². The summed E-state index contributed by atoms with van der Waals surface area (Å²) in [5.41, 5.74) is 0.428. The molecule has 1 atom stereocenters. The Kier molecular flexibility index (Phi) is 4.10. The molecule has 0 aliphatic heterocycles. The Hall–Kier alpha value is -1.39. The Morgan fingerprint density at radius 1 is 1.43 bits per heavy atom. The number of rotatable bonds is 5. The minimum Gasteiger partial charge on any atom is -0.490 e. The fourth-order valence-electron chi connectivity index (χ4n) is 0.948. The summed E-state index contributed by atoms with van der Waals surface area (Å²) in [6.07, 6.45) is -0.240.